The van der Waals surface area contributed by atoms with Gasteiger partial charge in [-0.05, 0) is 28.1 Å². The standard InChI is InChI=1S/C11H14BrNO4/c12-10-2-1-9(17-10)8(11(14)15)7-13-3-5-16-6-4-13/h1-2,8H,3-7H2,(H,14,15). The Morgan fingerprint density at radius 3 is 2.71 bits per heavy atom. The van der Waals surface area contributed by atoms with Crippen LogP contribution in [0.25, 0.3) is 0 Å². The maximum atomic E-state index is 11.2. The molecule has 1 saturated heterocycles. The molecule has 0 aliphatic carbocycles. The monoisotopic (exact) mass is 303 g/mol. The van der Waals surface area contributed by atoms with Gasteiger partial charge in [-0.1, -0.05) is 0 Å². The number of ether oxygens (including phenoxy) is 1. The number of carboxylic acid groups (broad SMARTS) is 1. The van der Waals surface area contributed by atoms with Gasteiger partial charge in [-0.15, -0.1) is 0 Å². The second kappa shape index (κ2) is 5.66. The van der Waals surface area contributed by atoms with Crippen molar-refractivity contribution >= 4 is 21.9 Å². The van der Waals surface area contributed by atoms with Crippen molar-refractivity contribution in [2.75, 3.05) is 32.8 Å². The second-order valence-corrected chi connectivity index (χ2v) is 4.73. The fourth-order valence-corrected chi connectivity index (χ4v) is 2.17. The SMILES string of the molecule is O=C(O)C(CN1CCOCC1)c1ccc(Br)o1. The van der Waals surface area contributed by atoms with Gasteiger partial charge in [0.05, 0.1) is 13.2 Å². The van der Waals surface area contributed by atoms with Gasteiger partial charge in [0, 0.05) is 19.6 Å². The van der Waals surface area contributed by atoms with E-state index in [0.29, 0.717) is 30.2 Å². The highest BCUT2D eigenvalue weighted by Gasteiger charge is 2.26. The highest BCUT2D eigenvalue weighted by atomic mass is 79.9. The molecule has 1 unspecified atom stereocenters. The normalized spacial score (nSPS) is 19.1. The molecule has 1 atom stereocenters. The summed E-state index contributed by atoms with van der Waals surface area (Å²) in [6.07, 6.45) is 0. The number of carboxylic acids is 1. The topological polar surface area (TPSA) is 62.9 Å². The fraction of sp³-hybridized carbons (Fsp3) is 0.545. The zero-order chi connectivity index (χ0) is 12.3. The van der Waals surface area contributed by atoms with Gasteiger partial charge in [-0.3, -0.25) is 9.69 Å². The summed E-state index contributed by atoms with van der Waals surface area (Å²) in [5.41, 5.74) is 0. The molecular weight excluding hydrogens is 290 g/mol. The van der Waals surface area contributed by atoms with E-state index in [-0.39, 0.29) is 0 Å². The van der Waals surface area contributed by atoms with Crippen LogP contribution in [-0.2, 0) is 9.53 Å². The number of nitrogens with zero attached hydrogens (tertiary/aromatic N) is 1. The van der Waals surface area contributed by atoms with Crippen molar-refractivity contribution in [1.82, 2.24) is 4.90 Å². The zero-order valence-electron chi connectivity index (χ0n) is 9.26. The molecule has 2 rings (SSSR count). The van der Waals surface area contributed by atoms with Crippen molar-refractivity contribution in [1.29, 1.82) is 0 Å². The molecule has 0 saturated carbocycles. The molecular formula is C11H14BrNO4. The molecule has 6 heteroatoms. The molecule has 0 bridgehead atoms. The summed E-state index contributed by atoms with van der Waals surface area (Å²) in [4.78, 5) is 13.3. The van der Waals surface area contributed by atoms with Crippen LogP contribution in [0.2, 0.25) is 0 Å². The minimum Gasteiger partial charge on any atom is -0.481 e. The molecule has 94 valence electrons. The minimum absolute atomic E-state index is 0.457. The van der Waals surface area contributed by atoms with E-state index in [1.165, 1.54) is 0 Å². The third kappa shape index (κ3) is 3.31. The van der Waals surface area contributed by atoms with Crippen LogP contribution in [0, 0.1) is 0 Å². The number of morpholine rings is 1. The number of halogens is 1. The molecule has 0 radical (unpaired) electrons. The van der Waals surface area contributed by atoms with Crippen LogP contribution < -0.4 is 0 Å². The molecule has 17 heavy (non-hydrogen) atoms. The first-order valence-electron chi connectivity index (χ1n) is 5.45. The van der Waals surface area contributed by atoms with Crippen LogP contribution >= 0.6 is 15.9 Å². The molecule has 5 nitrogen and oxygen atoms in total. The predicted octanol–water partition coefficient (Wildman–Crippen LogP) is 1.54. The lowest BCUT2D eigenvalue weighted by Crippen LogP contribution is -2.40. The summed E-state index contributed by atoms with van der Waals surface area (Å²) in [5, 5.41) is 9.23. The smallest absolute Gasteiger partial charge is 0.315 e. The Morgan fingerprint density at radius 1 is 1.47 bits per heavy atom. The molecule has 1 aromatic rings. The number of carbonyl (C=O) groups is 1. The Labute approximate surface area is 107 Å². The van der Waals surface area contributed by atoms with Crippen molar-refractivity contribution in [2.24, 2.45) is 0 Å². The summed E-state index contributed by atoms with van der Waals surface area (Å²) in [7, 11) is 0. The Balaban J connectivity index is 2.04. The van der Waals surface area contributed by atoms with Gasteiger partial charge >= 0.3 is 5.97 Å². The first-order chi connectivity index (χ1) is 8.16. The Morgan fingerprint density at radius 2 is 2.18 bits per heavy atom. The first kappa shape index (κ1) is 12.6. The summed E-state index contributed by atoms with van der Waals surface area (Å²) in [6.45, 7) is 3.32. The summed E-state index contributed by atoms with van der Waals surface area (Å²) in [5.74, 6) is -1.01. The van der Waals surface area contributed by atoms with E-state index in [1.54, 1.807) is 12.1 Å². The third-order valence-corrected chi connectivity index (χ3v) is 3.21. The largest absolute Gasteiger partial charge is 0.481 e. The maximum Gasteiger partial charge on any atom is 0.315 e. The fourth-order valence-electron chi connectivity index (χ4n) is 1.85. The van der Waals surface area contributed by atoms with Gasteiger partial charge in [0.1, 0.15) is 11.7 Å². The van der Waals surface area contributed by atoms with E-state index in [0.717, 1.165) is 13.1 Å². The Hall–Kier alpha value is -0.850. The van der Waals surface area contributed by atoms with Gasteiger partial charge in [0.25, 0.3) is 0 Å². The summed E-state index contributed by atoms with van der Waals surface area (Å²) < 4.78 is 11.1. The number of aliphatic carboxylic acids is 1. The molecule has 1 N–H and O–H groups in total. The van der Waals surface area contributed by atoms with E-state index in [2.05, 4.69) is 20.8 Å². The number of hydrogen-bond donors (Lipinski definition) is 1. The lowest BCUT2D eigenvalue weighted by molar-refractivity contribution is -0.140. The van der Waals surface area contributed by atoms with Gasteiger partial charge in [-0.2, -0.15) is 0 Å². The van der Waals surface area contributed by atoms with Crippen LogP contribution in [0.4, 0.5) is 0 Å². The first-order valence-corrected chi connectivity index (χ1v) is 6.24. The molecule has 0 aromatic carbocycles. The average molecular weight is 304 g/mol. The van der Waals surface area contributed by atoms with E-state index >= 15 is 0 Å². The van der Waals surface area contributed by atoms with Gasteiger partial charge < -0.3 is 14.3 Å². The molecule has 0 amide bonds. The molecule has 0 spiro atoms. The van der Waals surface area contributed by atoms with Crippen LogP contribution in [0.5, 0.6) is 0 Å². The number of rotatable bonds is 4. The molecule has 1 aromatic heterocycles. The molecule has 1 aliphatic heterocycles. The van der Waals surface area contributed by atoms with Crippen molar-refractivity contribution in [2.45, 2.75) is 5.92 Å². The Bertz CT molecular complexity index is 387. The third-order valence-electron chi connectivity index (χ3n) is 2.78. The highest BCUT2D eigenvalue weighted by Crippen LogP contribution is 2.23. The van der Waals surface area contributed by atoms with Gasteiger partial charge in [-0.25, -0.2) is 0 Å². The maximum absolute atomic E-state index is 11.2. The van der Waals surface area contributed by atoms with Crippen molar-refractivity contribution < 1.29 is 19.1 Å². The quantitative estimate of drug-likeness (QED) is 0.914. The Kier molecular flexibility index (Phi) is 4.20. The van der Waals surface area contributed by atoms with Gasteiger partial charge in [0.15, 0.2) is 4.67 Å². The van der Waals surface area contributed by atoms with Gasteiger partial charge in [0.2, 0.25) is 0 Å². The van der Waals surface area contributed by atoms with Crippen LogP contribution in [0.1, 0.15) is 11.7 Å². The second-order valence-electron chi connectivity index (χ2n) is 3.95. The van der Waals surface area contributed by atoms with Crippen molar-refractivity contribution in [3.8, 4) is 0 Å². The van der Waals surface area contributed by atoms with E-state index in [9.17, 15) is 9.90 Å². The summed E-state index contributed by atoms with van der Waals surface area (Å²) in [6, 6.07) is 3.41. The molecule has 1 fully saturated rings. The van der Waals surface area contributed by atoms with Crippen LogP contribution in [-0.4, -0.2) is 48.8 Å². The van der Waals surface area contributed by atoms with E-state index < -0.39 is 11.9 Å². The number of hydrogen-bond acceptors (Lipinski definition) is 4. The minimum atomic E-state index is -0.863. The van der Waals surface area contributed by atoms with Crippen LogP contribution in [0.15, 0.2) is 21.2 Å². The van der Waals surface area contributed by atoms with Crippen LogP contribution in [0.3, 0.4) is 0 Å². The lowest BCUT2D eigenvalue weighted by atomic mass is 10.1. The number of furan rings is 1. The zero-order valence-corrected chi connectivity index (χ0v) is 10.9. The molecule has 2 heterocycles. The highest BCUT2D eigenvalue weighted by molar-refractivity contribution is 9.10. The van der Waals surface area contributed by atoms with E-state index in [4.69, 9.17) is 9.15 Å². The van der Waals surface area contributed by atoms with Crippen molar-refractivity contribution in [3.05, 3.63) is 22.6 Å². The van der Waals surface area contributed by atoms with Crippen molar-refractivity contribution in [3.63, 3.8) is 0 Å². The summed E-state index contributed by atoms with van der Waals surface area (Å²) >= 11 is 3.18. The van der Waals surface area contributed by atoms with E-state index in [1.807, 2.05) is 0 Å². The average Bonchev–Trinajstić information content (AvgIpc) is 2.73. The molecule has 1 aliphatic rings. The predicted molar refractivity (Wildman–Crippen MR) is 64.0 cm³/mol. The lowest BCUT2D eigenvalue weighted by Gasteiger charge is -2.28.